The molecule has 1 nitrogen and oxygen atoms in total. The molecule has 0 aromatic heterocycles. The standard InChI is InChI=1S/C8H16OS/c1-6(2)8-7(9-3)4-5-10-8/h6-8H,4-5H2,1-3H3/t7-,8-/m1/s1. The zero-order valence-corrected chi connectivity index (χ0v) is 7.78. The number of rotatable bonds is 2. The first-order valence-corrected chi connectivity index (χ1v) is 4.95. The molecule has 2 atom stereocenters. The minimum Gasteiger partial charge on any atom is -0.380 e. The summed E-state index contributed by atoms with van der Waals surface area (Å²) in [4.78, 5) is 0. The largest absolute Gasteiger partial charge is 0.380 e. The van der Waals surface area contributed by atoms with Crippen LogP contribution in [0.3, 0.4) is 0 Å². The Hall–Kier alpha value is 0.310. The van der Waals surface area contributed by atoms with Crippen molar-refractivity contribution in [1.29, 1.82) is 0 Å². The van der Waals surface area contributed by atoms with Crippen LogP contribution >= 0.6 is 11.8 Å². The fourth-order valence-electron chi connectivity index (χ4n) is 1.47. The van der Waals surface area contributed by atoms with Gasteiger partial charge in [-0.3, -0.25) is 0 Å². The fraction of sp³-hybridized carbons (Fsp3) is 1.00. The maximum atomic E-state index is 5.36. The van der Waals surface area contributed by atoms with E-state index in [1.54, 1.807) is 0 Å². The van der Waals surface area contributed by atoms with E-state index in [-0.39, 0.29) is 0 Å². The SMILES string of the molecule is CO[C@@H]1CCS[C@@H]1C(C)C. The van der Waals surface area contributed by atoms with Crippen LogP contribution in [0.1, 0.15) is 20.3 Å². The van der Waals surface area contributed by atoms with E-state index in [1.165, 1.54) is 12.2 Å². The van der Waals surface area contributed by atoms with Crippen molar-refractivity contribution >= 4 is 11.8 Å². The Labute approximate surface area is 67.5 Å². The maximum Gasteiger partial charge on any atom is 0.0700 e. The summed E-state index contributed by atoms with van der Waals surface area (Å²) in [5, 5.41) is 0.741. The second-order valence-corrected chi connectivity index (χ2v) is 4.43. The van der Waals surface area contributed by atoms with E-state index in [9.17, 15) is 0 Å². The van der Waals surface area contributed by atoms with Crippen molar-refractivity contribution in [1.82, 2.24) is 0 Å². The summed E-state index contributed by atoms with van der Waals surface area (Å²) in [6.07, 6.45) is 1.76. The molecule has 0 unspecified atom stereocenters. The topological polar surface area (TPSA) is 9.23 Å². The zero-order chi connectivity index (χ0) is 7.56. The Kier molecular flexibility index (Phi) is 3.05. The maximum absolute atomic E-state index is 5.36. The quantitative estimate of drug-likeness (QED) is 0.612. The summed E-state index contributed by atoms with van der Waals surface area (Å²) in [6, 6.07) is 0. The van der Waals surface area contributed by atoms with Crippen LogP contribution in [-0.2, 0) is 4.74 Å². The van der Waals surface area contributed by atoms with Gasteiger partial charge in [0.2, 0.25) is 0 Å². The molecule has 2 heteroatoms. The average molecular weight is 160 g/mol. The lowest BCUT2D eigenvalue weighted by molar-refractivity contribution is 0.0941. The number of hydrogen-bond acceptors (Lipinski definition) is 2. The van der Waals surface area contributed by atoms with E-state index in [2.05, 4.69) is 25.6 Å². The average Bonchev–Trinajstić information content (AvgIpc) is 2.33. The predicted molar refractivity (Wildman–Crippen MR) is 46.5 cm³/mol. The Balaban J connectivity index is 2.42. The van der Waals surface area contributed by atoms with Crippen LogP contribution in [0.25, 0.3) is 0 Å². The molecule has 0 bridgehead atoms. The van der Waals surface area contributed by atoms with Gasteiger partial charge in [-0.25, -0.2) is 0 Å². The smallest absolute Gasteiger partial charge is 0.0700 e. The number of ether oxygens (including phenoxy) is 1. The molecular formula is C8H16OS. The molecule has 1 heterocycles. The van der Waals surface area contributed by atoms with Crippen LogP contribution in [0.2, 0.25) is 0 Å². The van der Waals surface area contributed by atoms with Gasteiger partial charge in [-0.1, -0.05) is 13.8 Å². The van der Waals surface area contributed by atoms with Gasteiger partial charge in [-0.2, -0.15) is 11.8 Å². The summed E-state index contributed by atoms with van der Waals surface area (Å²) in [7, 11) is 1.83. The minimum atomic E-state index is 0.519. The first-order valence-electron chi connectivity index (χ1n) is 3.90. The molecule has 0 amide bonds. The molecule has 0 aromatic carbocycles. The molecule has 60 valence electrons. The van der Waals surface area contributed by atoms with E-state index in [0.717, 1.165) is 11.2 Å². The normalized spacial score (nSPS) is 33.6. The second kappa shape index (κ2) is 3.63. The third-order valence-corrected chi connectivity index (χ3v) is 3.74. The van der Waals surface area contributed by atoms with Crippen molar-refractivity contribution in [2.24, 2.45) is 5.92 Å². The van der Waals surface area contributed by atoms with Gasteiger partial charge in [0.05, 0.1) is 6.10 Å². The summed E-state index contributed by atoms with van der Waals surface area (Å²) < 4.78 is 5.36. The summed E-state index contributed by atoms with van der Waals surface area (Å²) >= 11 is 2.06. The molecule has 0 saturated carbocycles. The van der Waals surface area contributed by atoms with Crippen molar-refractivity contribution in [2.45, 2.75) is 31.6 Å². The van der Waals surface area contributed by atoms with E-state index in [1.807, 2.05) is 7.11 Å². The molecule has 1 saturated heterocycles. The molecule has 1 aliphatic rings. The van der Waals surface area contributed by atoms with Crippen LogP contribution in [0, 0.1) is 5.92 Å². The number of hydrogen-bond donors (Lipinski definition) is 0. The van der Waals surface area contributed by atoms with Gasteiger partial charge in [0, 0.05) is 12.4 Å². The lowest BCUT2D eigenvalue weighted by Gasteiger charge is -2.20. The van der Waals surface area contributed by atoms with Crippen LogP contribution in [0.15, 0.2) is 0 Å². The van der Waals surface area contributed by atoms with Crippen molar-refractivity contribution in [3.8, 4) is 0 Å². The zero-order valence-electron chi connectivity index (χ0n) is 6.96. The Morgan fingerprint density at radius 2 is 2.20 bits per heavy atom. The Morgan fingerprint density at radius 1 is 1.50 bits per heavy atom. The highest BCUT2D eigenvalue weighted by Crippen LogP contribution is 2.33. The molecule has 1 aliphatic heterocycles. The lowest BCUT2D eigenvalue weighted by atomic mass is 10.0. The van der Waals surface area contributed by atoms with E-state index in [0.29, 0.717) is 6.10 Å². The van der Waals surface area contributed by atoms with E-state index < -0.39 is 0 Å². The second-order valence-electron chi connectivity index (χ2n) is 3.14. The molecule has 1 fully saturated rings. The molecule has 0 radical (unpaired) electrons. The third-order valence-electron chi connectivity index (χ3n) is 2.04. The van der Waals surface area contributed by atoms with Gasteiger partial charge in [-0.15, -0.1) is 0 Å². The molecule has 0 spiro atoms. The summed E-state index contributed by atoms with van der Waals surface area (Å²) in [5.41, 5.74) is 0. The van der Waals surface area contributed by atoms with Crippen LogP contribution in [-0.4, -0.2) is 24.2 Å². The number of thioether (sulfide) groups is 1. The van der Waals surface area contributed by atoms with Crippen LogP contribution < -0.4 is 0 Å². The van der Waals surface area contributed by atoms with Crippen molar-refractivity contribution in [3.63, 3.8) is 0 Å². The Bertz CT molecular complexity index is 103. The highest BCUT2D eigenvalue weighted by atomic mass is 32.2. The fourth-order valence-corrected chi connectivity index (χ4v) is 2.95. The molecule has 0 aromatic rings. The summed E-state index contributed by atoms with van der Waals surface area (Å²) in [6.45, 7) is 4.55. The monoisotopic (exact) mass is 160 g/mol. The third kappa shape index (κ3) is 1.67. The first kappa shape index (κ1) is 8.41. The molecule has 0 aliphatic carbocycles. The molecular weight excluding hydrogens is 144 g/mol. The van der Waals surface area contributed by atoms with Gasteiger partial charge in [0.15, 0.2) is 0 Å². The van der Waals surface area contributed by atoms with Crippen LogP contribution in [0.4, 0.5) is 0 Å². The number of methoxy groups -OCH3 is 1. The Morgan fingerprint density at radius 3 is 2.60 bits per heavy atom. The van der Waals surface area contributed by atoms with Crippen LogP contribution in [0.5, 0.6) is 0 Å². The summed E-state index contributed by atoms with van der Waals surface area (Å²) in [5.74, 6) is 2.04. The highest BCUT2D eigenvalue weighted by Gasteiger charge is 2.29. The van der Waals surface area contributed by atoms with Gasteiger partial charge in [-0.05, 0) is 18.1 Å². The lowest BCUT2D eigenvalue weighted by Crippen LogP contribution is -2.24. The molecule has 1 rings (SSSR count). The molecule has 10 heavy (non-hydrogen) atoms. The van der Waals surface area contributed by atoms with E-state index >= 15 is 0 Å². The highest BCUT2D eigenvalue weighted by molar-refractivity contribution is 8.00. The molecule has 0 N–H and O–H groups in total. The van der Waals surface area contributed by atoms with Crippen molar-refractivity contribution in [3.05, 3.63) is 0 Å². The predicted octanol–water partition coefficient (Wildman–Crippen LogP) is 2.16. The first-order chi connectivity index (χ1) is 4.75. The minimum absolute atomic E-state index is 0.519. The van der Waals surface area contributed by atoms with E-state index in [4.69, 9.17) is 4.74 Å². The van der Waals surface area contributed by atoms with Crippen molar-refractivity contribution in [2.75, 3.05) is 12.9 Å². The van der Waals surface area contributed by atoms with Gasteiger partial charge in [0.1, 0.15) is 0 Å². The van der Waals surface area contributed by atoms with Gasteiger partial charge in [0.25, 0.3) is 0 Å². The van der Waals surface area contributed by atoms with Crippen molar-refractivity contribution < 1.29 is 4.74 Å². The van der Waals surface area contributed by atoms with Gasteiger partial charge >= 0.3 is 0 Å². The van der Waals surface area contributed by atoms with Gasteiger partial charge < -0.3 is 4.74 Å².